The predicted molar refractivity (Wildman–Crippen MR) is 154 cm³/mol. The topological polar surface area (TPSA) is 88.1 Å². The Kier molecular flexibility index (Phi) is 12.3. The van der Waals surface area contributed by atoms with E-state index in [9.17, 15) is 14.4 Å². The molecular formula is C33H42O7. The van der Waals surface area contributed by atoms with Gasteiger partial charge in [-0.1, -0.05) is 33.8 Å². The minimum atomic E-state index is -0.491. The number of esters is 3. The molecule has 3 rings (SSSR count). The maximum Gasteiger partial charge on any atom is 0.343 e. The van der Waals surface area contributed by atoms with Crippen molar-refractivity contribution >= 4 is 17.9 Å². The van der Waals surface area contributed by atoms with Gasteiger partial charge in [0.25, 0.3) is 0 Å². The Balaban J connectivity index is 1.40. The third-order valence-electron chi connectivity index (χ3n) is 7.33. The van der Waals surface area contributed by atoms with E-state index in [0.29, 0.717) is 53.6 Å². The predicted octanol–water partition coefficient (Wildman–Crippen LogP) is 7.19. The lowest BCUT2D eigenvalue weighted by Crippen LogP contribution is -2.35. The van der Waals surface area contributed by atoms with Crippen LogP contribution in [0, 0.1) is 17.8 Å². The zero-order chi connectivity index (χ0) is 28.9. The van der Waals surface area contributed by atoms with Crippen LogP contribution in [0.5, 0.6) is 11.5 Å². The molecule has 0 unspecified atom stereocenters. The molecule has 1 aliphatic rings. The zero-order valence-electron chi connectivity index (χ0n) is 23.9. The highest BCUT2D eigenvalue weighted by Crippen LogP contribution is 2.35. The first kappa shape index (κ1) is 30.9. The van der Waals surface area contributed by atoms with Crippen molar-refractivity contribution < 1.29 is 33.3 Å². The fourth-order valence-electron chi connectivity index (χ4n) is 4.95. The third kappa shape index (κ3) is 9.85. The monoisotopic (exact) mass is 550 g/mol. The molecule has 0 aromatic heterocycles. The van der Waals surface area contributed by atoms with E-state index in [1.54, 1.807) is 48.5 Å². The Morgan fingerprint density at radius 1 is 0.850 bits per heavy atom. The van der Waals surface area contributed by atoms with Gasteiger partial charge in [0.1, 0.15) is 17.6 Å². The van der Waals surface area contributed by atoms with Crippen molar-refractivity contribution in [2.45, 2.75) is 71.8 Å². The molecule has 0 N–H and O–H groups in total. The lowest BCUT2D eigenvalue weighted by Gasteiger charge is -2.36. The second kappa shape index (κ2) is 15.8. The summed E-state index contributed by atoms with van der Waals surface area (Å²) in [7, 11) is 0. The molecule has 1 saturated carbocycles. The Bertz CT molecular complexity index is 1100. The summed E-state index contributed by atoms with van der Waals surface area (Å²) < 4.78 is 22.1. The fourth-order valence-corrected chi connectivity index (χ4v) is 4.95. The highest BCUT2D eigenvalue weighted by molar-refractivity contribution is 5.92. The average Bonchev–Trinajstić information content (AvgIpc) is 2.94. The standard InChI is InChI=1S/C33H42O7/c1-5-31(34)38-21-9-7-6-8-20-37-27-15-11-25(12-16-27)32(35)39-28-17-13-26(14-18-28)33(36)40-30-22-24(4)10-19-29(30)23(2)3/h5,11-18,23-24,29-30H,1,6-10,19-22H2,2-4H3/t24-,29+,30-/m1/s1. The third-order valence-corrected chi connectivity index (χ3v) is 7.33. The summed E-state index contributed by atoms with van der Waals surface area (Å²) in [5.74, 6) is 1.19. The molecule has 0 radical (unpaired) electrons. The molecule has 0 aliphatic heterocycles. The number of carbonyl (C=O) groups excluding carboxylic acids is 3. The Morgan fingerprint density at radius 3 is 2.08 bits per heavy atom. The molecule has 0 spiro atoms. The maximum atomic E-state index is 12.8. The lowest BCUT2D eigenvalue weighted by atomic mass is 9.75. The zero-order valence-corrected chi connectivity index (χ0v) is 23.9. The SMILES string of the molecule is C=CC(=O)OCCCCCCOc1ccc(C(=O)Oc2ccc(C(=O)O[C@@H]3C[C@H](C)CC[C@H]3C(C)C)cc2)cc1. The summed E-state index contributed by atoms with van der Waals surface area (Å²) in [6.45, 7) is 10.9. The Morgan fingerprint density at radius 2 is 1.45 bits per heavy atom. The molecule has 0 bridgehead atoms. The molecule has 7 nitrogen and oxygen atoms in total. The van der Waals surface area contributed by atoms with Gasteiger partial charge >= 0.3 is 17.9 Å². The van der Waals surface area contributed by atoms with Crippen LogP contribution < -0.4 is 9.47 Å². The van der Waals surface area contributed by atoms with Gasteiger partial charge in [0.2, 0.25) is 0 Å². The first-order valence-electron chi connectivity index (χ1n) is 14.3. The number of benzene rings is 2. The molecule has 1 aliphatic carbocycles. The van der Waals surface area contributed by atoms with Gasteiger partial charge in [-0.15, -0.1) is 0 Å². The van der Waals surface area contributed by atoms with E-state index in [2.05, 4.69) is 27.4 Å². The summed E-state index contributed by atoms with van der Waals surface area (Å²) in [6, 6.07) is 13.3. The van der Waals surface area contributed by atoms with Crippen LogP contribution in [0.3, 0.4) is 0 Å². The van der Waals surface area contributed by atoms with Crippen molar-refractivity contribution in [2.24, 2.45) is 17.8 Å². The van der Waals surface area contributed by atoms with Crippen molar-refractivity contribution in [2.75, 3.05) is 13.2 Å². The van der Waals surface area contributed by atoms with Crippen molar-refractivity contribution in [1.82, 2.24) is 0 Å². The van der Waals surface area contributed by atoms with Crippen LogP contribution in [0.15, 0.2) is 61.2 Å². The normalized spacial score (nSPS) is 18.6. The van der Waals surface area contributed by atoms with Crippen molar-refractivity contribution in [3.8, 4) is 11.5 Å². The first-order chi connectivity index (χ1) is 19.3. The second-order valence-corrected chi connectivity index (χ2v) is 10.8. The van der Waals surface area contributed by atoms with Crippen molar-refractivity contribution in [3.63, 3.8) is 0 Å². The van der Waals surface area contributed by atoms with E-state index in [-0.39, 0.29) is 12.1 Å². The van der Waals surface area contributed by atoms with Crippen LogP contribution >= 0.6 is 0 Å². The van der Waals surface area contributed by atoms with Crippen LogP contribution in [0.2, 0.25) is 0 Å². The molecule has 2 aromatic carbocycles. The quantitative estimate of drug-likeness (QED) is 0.106. The van der Waals surface area contributed by atoms with Gasteiger partial charge in [-0.05, 0) is 105 Å². The number of hydrogen-bond donors (Lipinski definition) is 0. The smallest absolute Gasteiger partial charge is 0.343 e. The molecule has 1 fully saturated rings. The van der Waals surface area contributed by atoms with E-state index >= 15 is 0 Å². The molecule has 0 amide bonds. The van der Waals surface area contributed by atoms with Gasteiger partial charge in [-0.3, -0.25) is 0 Å². The van der Waals surface area contributed by atoms with Gasteiger partial charge in [-0.2, -0.15) is 0 Å². The van der Waals surface area contributed by atoms with Gasteiger partial charge < -0.3 is 18.9 Å². The number of rotatable bonds is 14. The highest BCUT2D eigenvalue weighted by Gasteiger charge is 2.33. The summed E-state index contributed by atoms with van der Waals surface area (Å²) in [5.41, 5.74) is 0.842. The summed E-state index contributed by atoms with van der Waals surface area (Å²) >= 11 is 0. The maximum absolute atomic E-state index is 12.8. The summed E-state index contributed by atoms with van der Waals surface area (Å²) in [5, 5.41) is 0. The molecule has 7 heteroatoms. The van der Waals surface area contributed by atoms with E-state index in [1.165, 1.54) is 6.42 Å². The largest absolute Gasteiger partial charge is 0.494 e. The minimum absolute atomic E-state index is 0.0682. The van der Waals surface area contributed by atoms with Crippen molar-refractivity contribution in [1.29, 1.82) is 0 Å². The minimum Gasteiger partial charge on any atom is -0.494 e. The van der Waals surface area contributed by atoms with Crippen LogP contribution in [0.1, 0.15) is 86.4 Å². The van der Waals surface area contributed by atoms with Crippen LogP contribution in [-0.2, 0) is 14.3 Å². The van der Waals surface area contributed by atoms with Gasteiger partial charge in [0, 0.05) is 6.08 Å². The molecule has 3 atom stereocenters. The van der Waals surface area contributed by atoms with Crippen LogP contribution in [-0.4, -0.2) is 37.2 Å². The lowest BCUT2D eigenvalue weighted by molar-refractivity contribution is -0.137. The molecular weight excluding hydrogens is 508 g/mol. The fraction of sp³-hybridized carbons (Fsp3) is 0.485. The van der Waals surface area contributed by atoms with E-state index < -0.39 is 11.9 Å². The molecule has 0 heterocycles. The number of hydrogen-bond acceptors (Lipinski definition) is 7. The number of carbonyl (C=O) groups is 3. The van der Waals surface area contributed by atoms with E-state index in [0.717, 1.165) is 44.6 Å². The summed E-state index contributed by atoms with van der Waals surface area (Å²) in [4.78, 5) is 36.4. The summed E-state index contributed by atoms with van der Waals surface area (Å²) in [6.07, 6.45) is 7.83. The van der Waals surface area contributed by atoms with Gasteiger partial charge in [0.15, 0.2) is 0 Å². The average molecular weight is 551 g/mol. The van der Waals surface area contributed by atoms with E-state index in [1.807, 2.05) is 0 Å². The Hall–Kier alpha value is -3.61. The molecule has 0 saturated heterocycles. The first-order valence-corrected chi connectivity index (χ1v) is 14.3. The van der Waals surface area contributed by atoms with Crippen molar-refractivity contribution in [3.05, 3.63) is 72.3 Å². The van der Waals surface area contributed by atoms with E-state index in [4.69, 9.17) is 18.9 Å². The van der Waals surface area contributed by atoms with Crippen LogP contribution in [0.25, 0.3) is 0 Å². The molecule has 40 heavy (non-hydrogen) atoms. The second-order valence-electron chi connectivity index (χ2n) is 10.8. The number of ether oxygens (including phenoxy) is 4. The van der Waals surface area contributed by atoms with Crippen LogP contribution in [0.4, 0.5) is 0 Å². The highest BCUT2D eigenvalue weighted by atomic mass is 16.5. The Labute approximate surface area is 237 Å². The number of unbranched alkanes of at least 4 members (excludes halogenated alkanes) is 3. The van der Waals surface area contributed by atoms with Gasteiger partial charge in [-0.25, -0.2) is 14.4 Å². The van der Waals surface area contributed by atoms with Gasteiger partial charge in [0.05, 0.1) is 24.3 Å². The molecule has 2 aromatic rings. The molecule has 216 valence electrons.